The van der Waals surface area contributed by atoms with Crippen molar-refractivity contribution < 1.29 is 9.21 Å². The highest BCUT2D eigenvalue weighted by Crippen LogP contribution is 2.21. The van der Waals surface area contributed by atoms with E-state index in [1.54, 1.807) is 18.2 Å². The summed E-state index contributed by atoms with van der Waals surface area (Å²) < 4.78 is 5.59. The van der Waals surface area contributed by atoms with Crippen LogP contribution in [0.3, 0.4) is 0 Å². The van der Waals surface area contributed by atoms with E-state index in [-0.39, 0.29) is 5.78 Å². The molecule has 0 fully saturated rings. The number of ketones is 1. The van der Waals surface area contributed by atoms with Gasteiger partial charge in [0.2, 0.25) is 5.78 Å². The molecule has 19 heavy (non-hydrogen) atoms. The first-order valence-electron chi connectivity index (χ1n) is 6.12. The van der Waals surface area contributed by atoms with Gasteiger partial charge in [-0.25, -0.2) is 0 Å². The van der Waals surface area contributed by atoms with E-state index in [4.69, 9.17) is 4.42 Å². The number of carbonyl (C=O) groups excluding carboxylic acids is 1. The molecule has 0 amide bonds. The number of aryl methyl sites for hydroxylation is 2. The zero-order chi connectivity index (χ0) is 13.4. The second kappa shape index (κ2) is 4.35. The Bertz CT molecular complexity index is 718. The van der Waals surface area contributed by atoms with Crippen LogP contribution in [-0.4, -0.2) is 10.8 Å². The van der Waals surface area contributed by atoms with Gasteiger partial charge in [-0.05, 0) is 38.1 Å². The van der Waals surface area contributed by atoms with Gasteiger partial charge in [0.15, 0.2) is 5.76 Å². The number of nitrogens with zero attached hydrogens (tertiary/aromatic N) is 1. The van der Waals surface area contributed by atoms with Gasteiger partial charge in [0.05, 0.1) is 0 Å². The van der Waals surface area contributed by atoms with Crippen LogP contribution in [0.1, 0.15) is 27.5 Å². The first kappa shape index (κ1) is 11.7. The lowest BCUT2D eigenvalue weighted by Gasteiger charge is -2.01. The smallest absolute Gasteiger partial charge is 0.228 e. The van der Waals surface area contributed by atoms with E-state index in [0.717, 1.165) is 22.4 Å². The summed E-state index contributed by atoms with van der Waals surface area (Å²) in [6.07, 6.45) is 0. The molecule has 2 aromatic heterocycles. The number of hydrogen-bond acceptors (Lipinski definition) is 3. The van der Waals surface area contributed by atoms with Gasteiger partial charge in [0, 0.05) is 22.3 Å². The maximum Gasteiger partial charge on any atom is 0.228 e. The Morgan fingerprint density at radius 1 is 1.05 bits per heavy atom. The normalized spacial score (nSPS) is 10.8. The number of furan rings is 1. The fourth-order valence-electron chi connectivity index (χ4n) is 2.20. The lowest BCUT2D eigenvalue weighted by atomic mass is 10.1. The van der Waals surface area contributed by atoms with Crippen molar-refractivity contribution in [3.8, 4) is 0 Å². The molecule has 0 saturated heterocycles. The molecule has 1 aromatic carbocycles. The summed E-state index contributed by atoms with van der Waals surface area (Å²) in [7, 11) is 0. The summed E-state index contributed by atoms with van der Waals surface area (Å²) in [4.78, 5) is 16.7. The first-order chi connectivity index (χ1) is 9.13. The Kier molecular flexibility index (Phi) is 2.67. The number of rotatable bonds is 2. The van der Waals surface area contributed by atoms with Crippen LogP contribution in [0.5, 0.6) is 0 Å². The summed E-state index contributed by atoms with van der Waals surface area (Å²) >= 11 is 0. The lowest BCUT2D eigenvalue weighted by Crippen LogP contribution is -2.02. The number of para-hydroxylation sites is 1. The van der Waals surface area contributed by atoms with E-state index < -0.39 is 0 Å². The molecule has 0 aliphatic heterocycles. The van der Waals surface area contributed by atoms with Crippen LogP contribution in [0.2, 0.25) is 0 Å². The topological polar surface area (TPSA) is 43.1 Å². The predicted octanol–water partition coefficient (Wildman–Crippen LogP) is 3.68. The second-order valence-electron chi connectivity index (χ2n) is 4.62. The molecule has 3 rings (SSSR count). The number of pyridine rings is 1. The molecule has 3 heteroatoms. The van der Waals surface area contributed by atoms with E-state index >= 15 is 0 Å². The Hall–Kier alpha value is -2.42. The van der Waals surface area contributed by atoms with Crippen LogP contribution in [0, 0.1) is 13.8 Å². The Morgan fingerprint density at radius 3 is 2.42 bits per heavy atom. The maximum absolute atomic E-state index is 12.4. The van der Waals surface area contributed by atoms with Crippen LogP contribution >= 0.6 is 0 Å². The van der Waals surface area contributed by atoms with Gasteiger partial charge in [-0.3, -0.25) is 9.78 Å². The minimum atomic E-state index is -0.107. The molecular formula is C16H13NO2. The summed E-state index contributed by atoms with van der Waals surface area (Å²) in [5, 5.41) is 0.938. The molecule has 0 saturated carbocycles. The zero-order valence-electron chi connectivity index (χ0n) is 10.8. The third-order valence-electron chi connectivity index (χ3n) is 2.99. The van der Waals surface area contributed by atoms with Crippen molar-refractivity contribution in [2.75, 3.05) is 0 Å². The van der Waals surface area contributed by atoms with Crippen molar-refractivity contribution in [1.82, 2.24) is 4.98 Å². The number of hydrogen-bond donors (Lipinski definition) is 0. The maximum atomic E-state index is 12.4. The van der Waals surface area contributed by atoms with Crippen molar-refractivity contribution in [2.45, 2.75) is 13.8 Å². The number of carbonyl (C=O) groups is 1. The minimum Gasteiger partial charge on any atom is -0.453 e. The number of fused-ring (bicyclic) bond motifs is 1. The predicted molar refractivity (Wildman–Crippen MR) is 73.4 cm³/mol. The van der Waals surface area contributed by atoms with Gasteiger partial charge in [-0.15, -0.1) is 0 Å². The van der Waals surface area contributed by atoms with E-state index in [2.05, 4.69) is 4.98 Å². The van der Waals surface area contributed by atoms with Gasteiger partial charge in [0.1, 0.15) is 5.58 Å². The third-order valence-corrected chi connectivity index (χ3v) is 2.99. The molecule has 2 heterocycles. The van der Waals surface area contributed by atoms with Crippen molar-refractivity contribution in [2.24, 2.45) is 0 Å². The van der Waals surface area contributed by atoms with Gasteiger partial charge in [0.25, 0.3) is 0 Å². The third kappa shape index (κ3) is 2.15. The Balaban J connectivity index is 2.07. The molecule has 3 nitrogen and oxygen atoms in total. The fraction of sp³-hybridized carbons (Fsp3) is 0.125. The monoisotopic (exact) mass is 251 g/mol. The summed E-state index contributed by atoms with van der Waals surface area (Å²) in [5.74, 6) is 0.260. The van der Waals surface area contributed by atoms with E-state index in [1.165, 1.54) is 0 Å². The van der Waals surface area contributed by atoms with Crippen molar-refractivity contribution in [3.05, 3.63) is 65.2 Å². The number of benzene rings is 1. The molecule has 94 valence electrons. The molecule has 0 aliphatic carbocycles. The van der Waals surface area contributed by atoms with Crippen molar-refractivity contribution in [3.63, 3.8) is 0 Å². The fourth-order valence-corrected chi connectivity index (χ4v) is 2.20. The first-order valence-corrected chi connectivity index (χ1v) is 6.12. The number of aromatic nitrogens is 1. The summed E-state index contributed by atoms with van der Waals surface area (Å²) in [5.41, 5.74) is 3.01. The van der Waals surface area contributed by atoms with E-state index in [0.29, 0.717) is 11.3 Å². The highest BCUT2D eigenvalue weighted by Gasteiger charge is 2.15. The van der Waals surface area contributed by atoms with Gasteiger partial charge in [-0.1, -0.05) is 18.2 Å². The van der Waals surface area contributed by atoms with E-state index in [9.17, 15) is 4.79 Å². The van der Waals surface area contributed by atoms with Crippen LogP contribution in [0.15, 0.2) is 46.9 Å². The summed E-state index contributed by atoms with van der Waals surface area (Å²) in [6.45, 7) is 3.75. The molecule has 0 bridgehead atoms. The largest absolute Gasteiger partial charge is 0.453 e. The molecule has 0 atom stereocenters. The standard InChI is InChI=1S/C16H13NO2/c1-10-7-13(8-11(2)17-10)16(18)15-9-12-5-3-4-6-14(12)19-15/h3-9H,1-2H3. The Labute approximate surface area is 110 Å². The molecule has 0 spiro atoms. The van der Waals surface area contributed by atoms with Crippen LogP contribution in [0.25, 0.3) is 11.0 Å². The molecule has 0 unspecified atom stereocenters. The van der Waals surface area contributed by atoms with Gasteiger partial charge < -0.3 is 4.42 Å². The van der Waals surface area contributed by atoms with Gasteiger partial charge in [-0.2, -0.15) is 0 Å². The summed E-state index contributed by atoms with van der Waals surface area (Å²) in [6, 6.07) is 12.9. The van der Waals surface area contributed by atoms with Crippen molar-refractivity contribution in [1.29, 1.82) is 0 Å². The molecular weight excluding hydrogens is 238 g/mol. The second-order valence-corrected chi connectivity index (χ2v) is 4.62. The molecule has 3 aromatic rings. The Morgan fingerprint density at radius 2 is 1.74 bits per heavy atom. The lowest BCUT2D eigenvalue weighted by molar-refractivity contribution is 0.101. The highest BCUT2D eigenvalue weighted by atomic mass is 16.3. The molecule has 0 N–H and O–H groups in total. The zero-order valence-corrected chi connectivity index (χ0v) is 10.8. The van der Waals surface area contributed by atoms with Gasteiger partial charge >= 0.3 is 0 Å². The molecule has 0 aliphatic rings. The minimum absolute atomic E-state index is 0.107. The van der Waals surface area contributed by atoms with Crippen LogP contribution in [-0.2, 0) is 0 Å². The van der Waals surface area contributed by atoms with Crippen molar-refractivity contribution >= 4 is 16.8 Å². The van der Waals surface area contributed by atoms with Crippen LogP contribution in [0.4, 0.5) is 0 Å². The van der Waals surface area contributed by atoms with Crippen LogP contribution < -0.4 is 0 Å². The highest BCUT2D eigenvalue weighted by molar-refractivity contribution is 6.09. The van der Waals surface area contributed by atoms with E-state index in [1.807, 2.05) is 38.1 Å². The SMILES string of the molecule is Cc1cc(C(=O)c2cc3ccccc3o2)cc(C)n1. The molecule has 0 radical (unpaired) electrons. The quantitative estimate of drug-likeness (QED) is 0.652. The average molecular weight is 251 g/mol. The average Bonchev–Trinajstić information content (AvgIpc) is 2.80.